The van der Waals surface area contributed by atoms with Gasteiger partial charge in [-0.1, -0.05) is 17.7 Å². The molecule has 1 aromatic carbocycles. The Bertz CT molecular complexity index is 531. The summed E-state index contributed by atoms with van der Waals surface area (Å²) in [5.74, 6) is 0.975. The molecule has 0 radical (unpaired) electrons. The number of rotatable bonds is 4. The van der Waals surface area contributed by atoms with Gasteiger partial charge in [0.05, 0.1) is 6.26 Å². The summed E-state index contributed by atoms with van der Waals surface area (Å²) in [4.78, 5) is 2.21. The molecule has 0 saturated carbocycles. The van der Waals surface area contributed by atoms with Gasteiger partial charge < -0.3 is 15.1 Å². The number of hydrogen-bond donors (Lipinski definition) is 1. The maximum atomic E-state index is 5.82. The maximum absolute atomic E-state index is 5.82. The molecule has 0 aliphatic heterocycles. The van der Waals surface area contributed by atoms with Crippen LogP contribution in [0, 0.1) is 13.8 Å². The van der Waals surface area contributed by atoms with Crippen LogP contribution in [0.15, 0.2) is 34.9 Å². The van der Waals surface area contributed by atoms with Crippen molar-refractivity contribution in [3.8, 4) is 0 Å². The molecule has 0 amide bonds. The molecule has 0 saturated heterocycles. The minimum Gasteiger partial charge on any atom is -0.469 e. The van der Waals surface area contributed by atoms with Crippen LogP contribution < -0.4 is 10.6 Å². The van der Waals surface area contributed by atoms with Crippen molar-refractivity contribution in [1.82, 2.24) is 0 Å². The molecular formula is C15H20N2O. The molecule has 0 spiro atoms. The Kier molecular flexibility index (Phi) is 3.72. The van der Waals surface area contributed by atoms with Crippen molar-refractivity contribution in [3.05, 3.63) is 53.0 Å². The summed E-state index contributed by atoms with van der Waals surface area (Å²) in [6.07, 6.45) is 1.73. The third-order valence-corrected chi connectivity index (χ3v) is 3.24. The lowest BCUT2D eigenvalue weighted by atomic mass is 10.1. The first kappa shape index (κ1) is 12.7. The molecule has 0 fully saturated rings. The van der Waals surface area contributed by atoms with Crippen LogP contribution in [0.3, 0.4) is 0 Å². The van der Waals surface area contributed by atoms with E-state index < -0.39 is 0 Å². The van der Waals surface area contributed by atoms with E-state index in [1.54, 1.807) is 6.26 Å². The fourth-order valence-electron chi connectivity index (χ4n) is 2.17. The van der Waals surface area contributed by atoms with Gasteiger partial charge in [-0.3, -0.25) is 0 Å². The molecule has 0 atom stereocenters. The van der Waals surface area contributed by atoms with Gasteiger partial charge in [0.15, 0.2) is 0 Å². The van der Waals surface area contributed by atoms with Crippen molar-refractivity contribution in [3.63, 3.8) is 0 Å². The van der Waals surface area contributed by atoms with E-state index in [0.29, 0.717) is 6.54 Å². The Morgan fingerprint density at radius 3 is 2.56 bits per heavy atom. The van der Waals surface area contributed by atoms with E-state index in [1.807, 2.05) is 13.0 Å². The Balaban J connectivity index is 2.23. The number of anilines is 1. The van der Waals surface area contributed by atoms with E-state index >= 15 is 0 Å². The molecule has 18 heavy (non-hydrogen) atoms. The molecule has 3 nitrogen and oxygen atoms in total. The summed E-state index contributed by atoms with van der Waals surface area (Å²) >= 11 is 0. The van der Waals surface area contributed by atoms with Crippen molar-refractivity contribution in [2.24, 2.45) is 5.73 Å². The van der Waals surface area contributed by atoms with E-state index in [4.69, 9.17) is 10.2 Å². The summed E-state index contributed by atoms with van der Waals surface area (Å²) < 4.78 is 5.33. The van der Waals surface area contributed by atoms with Gasteiger partial charge in [-0.2, -0.15) is 0 Å². The minimum atomic E-state index is 0.561. The van der Waals surface area contributed by atoms with Crippen LogP contribution >= 0.6 is 0 Å². The molecule has 0 bridgehead atoms. The molecule has 2 aromatic rings. The highest BCUT2D eigenvalue weighted by Gasteiger charge is 2.09. The predicted molar refractivity (Wildman–Crippen MR) is 74.6 cm³/mol. The maximum Gasteiger partial charge on any atom is 0.105 e. The van der Waals surface area contributed by atoms with Gasteiger partial charge in [-0.05, 0) is 31.5 Å². The van der Waals surface area contributed by atoms with Crippen molar-refractivity contribution in [2.75, 3.05) is 11.9 Å². The smallest absolute Gasteiger partial charge is 0.105 e. The number of nitrogens with zero attached hydrogens (tertiary/aromatic N) is 1. The number of aryl methyl sites for hydroxylation is 2. The Morgan fingerprint density at radius 1 is 1.17 bits per heavy atom. The monoisotopic (exact) mass is 244 g/mol. The average Bonchev–Trinajstić information content (AvgIpc) is 2.74. The van der Waals surface area contributed by atoms with Gasteiger partial charge in [0, 0.05) is 31.4 Å². The lowest BCUT2D eigenvalue weighted by molar-refractivity contribution is 0.529. The second-order valence-electron chi connectivity index (χ2n) is 4.69. The largest absolute Gasteiger partial charge is 0.469 e. The fourth-order valence-corrected chi connectivity index (χ4v) is 2.17. The first-order chi connectivity index (χ1) is 8.61. The van der Waals surface area contributed by atoms with Crippen LogP contribution in [-0.4, -0.2) is 7.05 Å². The summed E-state index contributed by atoms with van der Waals surface area (Å²) in [6, 6.07) is 8.41. The van der Waals surface area contributed by atoms with Gasteiger partial charge in [0.25, 0.3) is 0 Å². The van der Waals surface area contributed by atoms with Gasteiger partial charge >= 0.3 is 0 Å². The first-order valence-electron chi connectivity index (χ1n) is 6.15. The molecule has 1 aromatic heterocycles. The van der Waals surface area contributed by atoms with E-state index in [1.165, 1.54) is 22.4 Å². The van der Waals surface area contributed by atoms with E-state index in [0.717, 1.165) is 12.3 Å². The van der Waals surface area contributed by atoms with Crippen molar-refractivity contribution >= 4 is 5.69 Å². The molecule has 0 aliphatic rings. The minimum absolute atomic E-state index is 0.561. The van der Waals surface area contributed by atoms with Crippen LogP contribution in [0.25, 0.3) is 0 Å². The van der Waals surface area contributed by atoms with Crippen LogP contribution in [0.2, 0.25) is 0 Å². The second kappa shape index (κ2) is 5.27. The second-order valence-corrected chi connectivity index (χ2v) is 4.69. The number of furan rings is 1. The zero-order valence-corrected chi connectivity index (χ0v) is 11.2. The van der Waals surface area contributed by atoms with Crippen LogP contribution in [0.4, 0.5) is 5.69 Å². The molecular weight excluding hydrogens is 224 g/mol. The van der Waals surface area contributed by atoms with Gasteiger partial charge in [-0.25, -0.2) is 0 Å². The van der Waals surface area contributed by atoms with Gasteiger partial charge in [0.2, 0.25) is 0 Å². The van der Waals surface area contributed by atoms with Crippen LogP contribution in [0.5, 0.6) is 0 Å². The molecule has 0 aliphatic carbocycles. The lowest BCUT2D eigenvalue weighted by Gasteiger charge is -2.22. The summed E-state index contributed by atoms with van der Waals surface area (Å²) in [5.41, 5.74) is 10.6. The average molecular weight is 244 g/mol. The number of hydrogen-bond acceptors (Lipinski definition) is 3. The normalized spacial score (nSPS) is 10.7. The highest BCUT2D eigenvalue weighted by molar-refractivity contribution is 5.54. The standard InChI is InChI=1S/C15H20N2O/c1-11-4-5-15(14(8-11)9-16)17(3)10-13-6-7-18-12(13)2/h4-8H,9-10,16H2,1-3H3. The highest BCUT2D eigenvalue weighted by Crippen LogP contribution is 2.23. The zero-order valence-electron chi connectivity index (χ0n) is 11.2. The molecule has 96 valence electrons. The topological polar surface area (TPSA) is 42.4 Å². The molecule has 2 N–H and O–H groups in total. The lowest BCUT2D eigenvalue weighted by Crippen LogP contribution is -2.19. The summed E-state index contributed by atoms with van der Waals surface area (Å²) in [5, 5.41) is 0. The highest BCUT2D eigenvalue weighted by atomic mass is 16.3. The third kappa shape index (κ3) is 2.57. The summed E-state index contributed by atoms with van der Waals surface area (Å²) in [7, 11) is 2.08. The molecule has 1 heterocycles. The molecule has 0 unspecified atom stereocenters. The van der Waals surface area contributed by atoms with Gasteiger partial charge in [0.1, 0.15) is 5.76 Å². The Morgan fingerprint density at radius 2 is 1.94 bits per heavy atom. The fraction of sp³-hybridized carbons (Fsp3) is 0.333. The van der Waals surface area contributed by atoms with Crippen molar-refractivity contribution < 1.29 is 4.42 Å². The molecule has 3 heteroatoms. The molecule has 2 rings (SSSR count). The Hall–Kier alpha value is -1.74. The third-order valence-electron chi connectivity index (χ3n) is 3.24. The van der Waals surface area contributed by atoms with E-state index in [2.05, 4.69) is 37.1 Å². The SMILES string of the molecule is Cc1ccc(N(C)Cc2ccoc2C)c(CN)c1. The first-order valence-corrected chi connectivity index (χ1v) is 6.15. The summed E-state index contributed by atoms with van der Waals surface area (Å²) in [6.45, 7) is 5.47. The number of benzene rings is 1. The Labute approximate surface area is 108 Å². The van der Waals surface area contributed by atoms with E-state index in [9.17, 15) is 0 Å². The zero-order chi connectivity index (χ0) is 13.1. The van der Waals surface area contributed by atoms with E-state index in [-0.39, 0.29) is 0 Å². The van der Waals surface area contributed by atoms with Gasteiger partial charge in [-0.15, -0.1) is 0 Å². The van der Waals surface area contributed by atoms with Crippen molar-refractivity contribution in [2.45, 2.75) is 26.9 Å². The van der Waals surface area contributed by atoms with Crippen LogP contribution in [0.1, 0.15) is 22.5 Å². The van der Waals surface area contributed by atoms with Crippen LogP contribution in [-0.2, 0) is 13.1 Å². The number of nitrogens with two attached hydrogens (primary N) is 1. The predicted octanol–water partition coefficient (Wildman–Crippen LogP) is 2.99. The van der Waals surface area contributed by atoms with Crippen molar-refractivity contribution in [1.29, 1.82) is 0 Å². The quantitative estimate of drug-likeness (QED) is 0.899.